The molecular weight excluding hydrogens is 1400 g/mol. The average Bonchev–Trinajstić information content (AvgIpc) is 1.12. The Hall–Kier alpha value is -8.84. The zero-order valence-electron chi connectivity index (χ0n) is 59.8. The van der Waals surface area contributed by atoms with E-state index < -0.39 is 5.60 Å². The van der Waals surface area contributed by atoms with Gasteiger partial charge in [-0.1, -0.05) is 153 Å². The van der Waals surface area contributed by atoms with E-state index in [9.17, 15) is 43.5 Å². The van der Waals surface area contributed by atoms with Crippen LogP contribution >= 0.6 is 47.0 Å². The lowest BCUT2D eigenvalue weighted by atomic mass is 9.72. The van der Waals surface area contributed by atoms with E-state index in [1.165, 1.54) is 49.7 Å². The number of phenols is 1. The number of fused-ring (bicyclic) bond motifs is 1. The number of hydrogen-bond acceptors (Lipinski definition) is 20. The van der Waals surface area contributed by atoms with Crippen LogP contribution in [0.15, 0.2) is 140 Å². The second-order valence-corrected chi connectivity index (χ2v) is 32.1. The molecule has 104 heavy (non-hydrogen) atoms. The number of carbonyl (C=O) groups excluding carboxylic acids is 8. The lowest BCUT2D eigenvalue weighted by Gasteiger charge is -2.37. The number of carbonyl (C=O) groups is 8. The number of hydrogen-bond donors (Lipinski definition) is 5. The van der Waals surface area contributed by atoms with Crippen molar-refractivity contribution in [3.63, 3.8) is 0 Å². The molecule has 0 bridgehead atoms. The van der Waals surface area contributed by atoms with Crippen molar-refractivity contribution in [1.82, 2.24) is 31.2 Å². The van der Waals surface area contributed by atoms with Gasteiger partial charge >= 0.3 is 0 Å². The summed E-state index contributed by atoms with van der Waals surface area (Å²) in [6, 6.07) is 41.4. The summed E-state index contributed by atoms with van der Waals surface area (Å²) >= 11 is 4.23. The molecule has 8 amide bonds. The van der Waals surface area contributed by atoms with Gasteiger partial charge in [-0.3, -0.25) is 64.6 Å². The van der Waals surface area contributed by atoms with Crippen LogP contribution in [-0.2, 0) is 70.5 Å². The molecule has 0 radical (unpaired) electrons. The number of aromatic hydroxyl groups is 1. The van der Waals surface area contributed by atoms with Crippen molar-refractivity contribution in [2.24, 2.45) is 5.41 Å². The fraction of sp³-hybridized carbons (Fsp3) is 0.400. The van der Waals surface area contributed by atoms with Crippen molar-refractivity contribution in [1.29, 1.82) is 0 Å². The number of pyridine rings is 2. The van der Waals surface area contributed by atoms with Crippen molar-refractivity contribution in [3.05, 3.63) is 201 Å². The number of rotatable bonds is 24. The van der Waals surface area contributed by atoms with Gasteiger partial charge in [0.1, 0.15) is 53.4 Å². The first-order valence-corrected chi connectivity index (χ1v) is 38.8. The van der Waals surface area contributed by atoms with E-state index in [1.54, 1.807) is 6.20 Å². The van der Waals surface area contributed by atoms with Gasteiger partial charge in [-0.05, 0) is 208 Å². The van der Waals surface area contributed by atoms with Crippen molar-refractivity contribution in [2.75, 3.05) is 38.3 Å². The average molecular weight is 1490 g/mol. The standard InChI is InChI=1S/C24H27NO5S.C19H20N2O3S.C19H25NO2S.C18H19N3O3S/c1-13-14(2)21-18(15(3)20(13)26)9-10-24(4,30-21)12-29-17-7-5-16(6-8-17)11-19-22(27)25-23(28)31-19;1-2-13-3-6-15(20-12-13)9-10-24-16-7-4-14(5-8-16)11-17-18(22)21-19(23)25-17;1-19(10-3-2-4-11-19)12-9-14-5-7-15(8-6-14)13-16-17(21)20-18(22)23-16;1-21(16-4-2-3-9-19-16)10-11-24-14-7-5-13(6-8-14)12-15-17(22)20-18(23)25-15/h5-8,19,26H,9-12H2,1-4H3,(H,25,27,28);3-8,12,17H,2,9-11H2,1H3,(H,21,22,23);5-8,16H,2-4,9-13H2,1H3,(H,20,21,22);2-9,15H,10-12H2,1H3,(H,20,22,23). The van der Waals surface area contributed by atoms with E-state index in [0.717, 1.165) is 165 Å². The first-order valence-electron chi connectivity index (χ1n) is 35.3. The van der Waals surface area contributed by atoms with Gasteiger partial charge in [0.15, 0.2) is 0 Å². The summed E-state index contributed by atoms with van der Waals surface area (Å²) in [6.07, 6.45) is 18.6. The summed E-state index contributed by atoms with van der Waals surface area (Å²) in [5.74, 6) is 3.61. The highest BCUT2D eigenvalue weighted by Gasteiger charge is 2.38. The molecule has 1 aliphatic carbocycles. The molecule has 7 aromatic rings. The predicted octanol–water partition coefficient (Wildman–Crippen LogP) is 14.5. The minimum absolute atomic E-state index is 0.158. The van der Waals surface area contributed by atoms with Gasteiger partial charge in [0.2, 0.25) is 23.6 Å². The Balaban J connectivity index is 0.000000150. The molecule has 5 unspecified atom stereocenters. The van der Waals surface area contributed by atoms with Gasteiger partial charge in [-0.25, -0.2) is 4.98 Å². The quantitative estimate of drug-likeness (QED) is 0.0376. The number of nitrogens with zero attached hydrogens (tertiary/aromatic N) is 3. The zero-order valence-corrected chi connectivity index (χ0v) is 63.1. The molecule has 4 saturated heterocycles. The highest BCUT2D eigenvalue weighted by Crippen LogP contribution is 2.44. The van der Waals surface area contributed by atoms with Crippen LogP contribution in [0.2, 0.25) is 0 Å². The number of likely N-dealkylation sites (N-methyl/N-ethyl adjacent to an activating group) is 1. The Labute approximate surface area is 625 Å². The summed E-state index contributed by atoms with van der Waals surface area (Å²) in [7, 11) is 1.97. The highest BCUT2D eigenvalue weighted by atomic mass is 32.2. The molecule has 5 atom stereocenters. The summed E-state index contributed by atoms with van der Waals surface area (Å²) in [6.45, 7) is 14.7. The highest BCUT2D eigenvalue weighted by molar-refractivity contribution is 8.16. The number of amides is 8. The number of phenolic OH excluding ortho intramolecular Hbond substituents is 1. The predicted molar refractivity (Wildman–Crippen MR) is 411 cm³/mol. The van der Waals surface area contributed by atoms with Crippen molar-refractivity contribution >= 4 is 97.5 Å². The third-order valence-corrected chi connectivity index (χ3v) is 23.3. The molecule has 1 saturated carbocycles. The minimum atomic E-state index is -0.467. The molecule has 548 valence electrons. The Bertz CT molecular complexity index is 4170. The smallest absolute Gasteiger partial charge is 0.286 e. The molecule has 5 N–H and O–H groups in total. The maximum absolute atomic E-state index is 11.7. The van der Waals surface area contributed by atoms with Crippen molar-refractivity contribution in [3.8, 4) is 28.7 Å². The topological polar surface area (TPSA) is 271 Å². The molecule has 2 aromatic heterocycles. The summed E-state index contributed by atoms with van der Waals surface area (Å²) in [5.41, 5.74) is 11.6. The monoisotopic (exact) mass is 1490 g/mol. The Morgan fingerprint density at radius 1 is 0.519 bits per heavy atom. The maximum Gasteiger partial charge on any atom is 0.286 e. The number of imide groups is 4. The molecule has 6 aliphatic rings. The van der Waals surface area contributed by atoms with E-state index >= 15 is 0 Å². The van der Waals surface area contributed by atoms with Gasteiger partial charge in [-0.2, -0.15) is 0 Å². The van der Waals surface area contributed by atoms with Crippen LogP contribution in [0, 0.1) is 26.2 Å². The summed E-state index contributed by atoms with van der Waals surface area (Å²) < 4.78 is 23.9. The minimum Gasteiger partial charge on any atom is -0.507 e. The van der Waals surface area contributed by atoms with Crippen LogP contribution in [0.4, 0.5) is 25.0 Å². The van der Waals surface area contributed by atoms with Crippen LogP contribution in [0.5, 0.6) is 28.7 Å². The molecule has 20 nitrogen and oxygen atoms in total. The Morgan fingerprint density at radius 2 is 0.971 bits per heavy atom. The number of aryl methyl sites for hydroxylation is 2. The number of ether oxygens (including phenoxy) is 4. The number of benzene rings is 5. The number of anilines is 1. The molecule has 5 aliphatic heterocycles. The molecule has 13 rings (SSSR count). The van der Waals surface area contributed by atoms with Gasteiger partial charge < -0.3 is 29.0 Å². The molecular formula is C80H91N7O13S4. The van der Waals surface area contributed by atoms with Crippen LogP contribution < -0.4 is 45.1 Å². The summed E-state index contributed by atoms with van der Waals surface area (Å²) in [5, 5.41) is 17.2. The van der Waals surface area contributed by atoms with E-state index in [2.05, 4.69) is 75.4 Å². The molecule has 7 heterocycles. The van der Waals surface area contributed by atoms with Crippen molar-refractivity contribution in [2.45, 2.75) is 164 Å². The van der Waals surface area contributed by atoms with Crippen LogP contribution in [0.3, 0.4) is 0 Å². The van der Waals surface area contributed by atoms with E-state index in [-0.39, 0.29) is 65.6 Å². The normalized spacial score (nSPS) is 20.0. The SMILES string of the molecule is CC1(CCc2ccc(CC3SC(=O)NC3=O)cc2)CCCCC1.CCc1ccc(CCOc2ccc(CC3SC(=O)NC3=O)cc2)nc1.CN(CCOc1ccc(CC2SC(=O)NC2=O)cc1)c1ccccn1.Cc1c(C)c2c(c(C)c1O)CCC(C)(COc1ccc(CC3SC(=O)NC3=O)cc1)O2. The van der Waals surface area contributed by atoms with Gasteiger partial charge in [0, 0.05) is 37.1 Å². The maximum atomic E-state index is 11.7. The van der Waals surface area contributed by atoms with Gasteiger partial charge in [-0.15, -0.1) is 0 Å². The van der Waals surface area contributed by atoms with Crippen LogP contribution in [-0.4, -0.2) is 120 Å². The Morgan fingerprint density at radius 3 is 1.40 bits per heavy atom. The first kappa shape index (κ1) is 77.8. The molecule has 5 aromatic carbocycles. The number of thioether (sulfide) groups is 4. The fourth-order valence-electron chi connectivity index (χ4n) is 12.8. The van der Waals surface area contributed by atoms with Crippen LogP contribution in [0.25, 0.3) is 0 Å². The fourth-order valence-corrected chi connectivity index (χ4v) is 16.2. The lowest BCUT2D eigenvalue weighted by Crippen LogP contribution is -2.42. The van der Waals surface area contributed by atoms with E-state index in [4.69, 9.17) is 18.9 Å². The van der Waals surface area contributed by atoms with Crippen LogP contribution in [0.1, 0.15) is 127 Å². The number of nitrogens with one attached hydrogen (secondary N) is 4. The summed E-state index contributed by atoms with van der Waals surface area (Å²) in [4.78, 5) is 102. The van der Waals surface area contributed by atoms with Crippen molar-refractivity contribution < 1.29 is 62.4 Å². The van der Waals surface area contributed by atoms with Gasteiger partial charge in [0.25, 0.3) is 21.0 Å². The lowest BCUT2D eigenvalue weighted by molar-refractivity contribution is -0.119. The third kappa shape index (κ3) is 22.3. The van der Waals surface area contributed by atoms with Gasteiger partial charge in [0.05, 0.1) is 34.2 Å². The molecule has 5 fully saturated rings. The van der Waals surface area contributed by atoms with E-state index in [1.807, 2.05) is 143 Å². The first-order chi connectivity index (χ1) is 50.0. The number of aromatic nitrogens is 2. The second-order valence-electron chi connectivity index (χ2n) is 27.4. The van der Waals surface area contributed by atoms with E-state index in [0.29, 0.717) is 56.7 Å². The Kier molecular flexibility index (Phi) is 27.5. The molecule has 24 heteroatoms. The largest absolute Gasteiger partial charge is 0.507 e. The zero-order chi connectivity index (χ0) is 73.9. The third-order valence-electron chi connectivity index (χ3n) is 19.4. The molecule has 0 spiro atoms. The second kappa shape index (κ2) is 36.7.